The van der Waals surface area contributed by atoms with Gasteiger partial charge in [-0.25, -0.2) is 0 Å². The maximum atomic E-state index is 12.4. The van der Waals surface area contributed by atoms with Crippen LogP contribution in [0, 0.1) is 0 Å². The molecular formula is C15H15BrO3. The number of fused-ring (bicyclic) bond motifs is 1. The maximum absolute atomic E-state index is 12.4. The van der Waals surface area contributed by atoms with Crippen LogP contribution in [0.25, 0.3) is 0 Å². The molecule has 0 heterocycles. The van der Waals surface area contributed by atoms with E-state index in [9.17, 15) is 9.59 Å². The molecule has 0 fully saturated rings. The molecule has 0 bridgehead atoms. The molecule has 1 unspecified atom stereocenters. The Hall–Kier alpha value is -1.42. The van der Waals surface area contributed by atoms with Gasteiger partial charge in [-0.1, -0.05) is 46.3 Å². The molecule has 4 heteroatoms. The monoisotopic (exact) mass is 322 g/mol. The lowest BCUT2D eigenvalue weighted by Crippen LogP contribution is -2.47. The van der Waals surface area contributed by atoms with Crippen LogP contribution >= 0.6 is 15.9 Å². The summed E-state index contributed by atoms with van der Waals surface area (Å²) in [6.45, 7) is 0. The molecule has 1 aliphatic rings. The third-order valence-corrected chi connectivity index (χ3v) is 4.00. The lowest BCUT2D eigenvalue weighted by atomic mass is 9.67. The number of carbonyl (C=O) groups excluding carboxylic acids is 2. The van der Waals surface area contributed by atoms with Crippen LogP contribution in [0.3, 0.4) is 0 Å². The minimum absolute atomic E-state index is 0.0661. The molecular weight excluding hydrogens is 308 g/mol. The third kappa shape index (κ3) is 2.25. The second kappa shape index (κ2) is 5.70. The molecule has 1 aromatic carbocycles. The van der Waals surface area contributed by atoms with Crippen molar-refractivity contribution in [1.82, 2.24) is 0 Å². The van der Waals surface area contributed by atoms with Gasteiger partial charge in [0, 0.05) is 6.42 Å². The highest BCUT2D eigenvalue weighted by Gasteiger charge is 2.50. The highest BCUT2D eigenvalue weighted by atomic mass is 79.9. The molecule has 0 saturated carbocycles. The summed E-state index contributed by atoms with van der Waals surface area (Å²) in [4.78, 5) is 26.4. The maximum Gasteiger partial charge on any atom is 0.324 e. The molecule has 0 radical (unpaired) electrons. The Labute approximate surface area is 120 Å². The molecule has 1 atom stereocenters. The van der Waals surface area contributed by atoms with Crippen molar-refractivity contribution >= 4 is 27.7 Å². The molecule has 0 aromatic heterocycles. The number of benzene rings is 1. The van der Waals surface area contributed by atoms with Crippen molar-refractivity contribution in [2.24, 2.45) is 0 Å². The highest BCUT2D eigenvalue weighted by Crippen LogP contribution is 2.39. The summed E-state index contributed by atoms with van der Waals surface area (Å²) in [6.07, 6.45) is 3.16. The van der Waals surface area contributed by atoms with Gasteiger partial charge in [0.25, 0.3) is 0 Å². The van der Waals surface area contributed by atoms with Crippen LogP contribution in [-0.4, -0.2) is 18.9 Å². The van der Waals surface area contributed by atoms with Gasteiger partial charge in [0.1, 0.15) is 0 Å². The van der Waals surface area contributed by atoms with Crippen molar-refractivity contribution in [3.63, 3.8) is 0 Å². The Balaban J connectivity index is 2.63. The van der Waals surface area contributed by atoms with Gasteiger partial charge in [-0.3, -0.25) is 9.59 Å². The topological polar surface area (TPSA) is 43.4 Å². The molecule has 0 aliphatic heterocycles. The smallest absolute Gasteiger partial charge is 0.324 e. The first-order chi connectivity index (χ1) is 9.16. The first-order valence-electron chi connectivity index (χ1n) is 6.12. The molecule has 3 nitrogen and oxygen atoms in total. The van der Waals surface area contributed by atoms with Gasteiger partial charge in [0.15, 0.2) is 11.2 Å². The SMILES string of the molecule is COC(=O)C1(C/C=C/Br)C(=O)CCc2ccccc21. The standard InChI is InChI=1S/C15H15BrO3/c1-19-14(18)15(9-4-10-16)12-6-3-2-5-11(12)7-8-13(15)17/h2-6,10H,7-9H2,1H3/b10-4+. The van der Waals surface area contributed by atoms with E-state index in [1.54, 1.807) is 11.1 Å². The van der Waals surface area contributed by atoms with Crippen molar-refractivity contribution in [2.75, 3.05) is 7.11 Å². The largest absolute Gasteiger partial charge is 0.468 e. The van der Waals surface area contributed by atoms with Crippen LogP contribution in [0.2, 0.25) is 0 Å². The molecule has 0 saturated heterocycles. The van der Waals surface area contributed by atoms with Crippen molar-refractivity contribution in [2.45, 2.75) is 24.7 Å². The van der Waals surface area contributed by atoms with Crippen molar-refractivity contribution in [3.05, 3.63) is 46.5 Å². The quantitative estimate of drug-likeness (QED) is 0.634. The number of rotatable bonds is 3. The Morgan fingerprint density at radius 3 is 2.84 bits per heavy atom. The number of hydrogen-bond acceptors (Lipinski definition) is 3. The van der Waals surface area contributed by atoms with Gasteiger partial charge in [-0.2, -0.15) is 0 Å². The zero-order valence-corrected chi connectivity index (χ0v) is 12.3. The fourth-order valence-electron chi connectivity index (χ4n) is 2.69. The predicted molar refractivity (Wildman–Crippen MR) is 76.1 cm³/mol. The van der Waals surface area contributed by atoms with Gasteiger partial charge in [-0.15, -0.1) is 0 Å². The predicted octanol–water partition coefficient (Wildman–Crippen LogP) is 2.91. The number of halogens is 1. The second-order valence-electron chi connectivity index (χ2n) is 4.54. The van der Waals surface area contributed by atoms with E-state index in [1.165, 1.54) is 7.11 Å². The number of aryl methyl sites for hydroxylation is 1. The molecule has 100 valence electrons. The van der Waals surface area contributed by atoms with Crippen LogP contribution in [0.4, 0.5) is 0 Å². The summed E-state index contributed by atoms with van der Waals surface area (Å²) in [7, 11) is 1.33. The van der Waals surface area contributed by atoms with E-state index in [4.69, 9.17) is 4.74 Å². The Bertz CT molecular complexity index is 536. The van der Waals surface area contributed by atoms with Crippen molar-refractivity contribution in [3.8, 4) is 0 Å². The summed E-state index contributed by atoms with van der Waals surface area (Å²) in [6, 6.07) is 7.60. The van der Waals surface area contributed by atoms with Crippen LogP contribution in [0.1, 0.15) is 24.0 Å². The summed E-state index contributed by atoms with van der Waals surface area (Å²) >= 11 is 3.19. The van der Waals surface area contributed by atoms with Crippen molar-refractivity contribution < 1.29 is 14.3 Å². The molecule has 0 spiro atoms. The van der Waals surface area contributed by atoms with Crippen LogP contribution in [0.5, 0.6) is 0 Å². The van der Waals surface area contributed by atoms with Gasteiger partial charge >= 0.3 is 5.97 Å². The number of carbonyl (C=O) groups is 2. The minimum Gasteiger partial charge on any atom is -0.468 e. The van der Waals surface area contributed by atoms with E-state index >= 15 is 0 Å². The normalized spacial score (nSPS) is 22.3. The van der Waals surface area contributed by atoms with E-state index in [2.05, 4.69) is 15.9 Å². The lowest BCUT2D eigenvalue weighted by molar-refractivity contribution is -0.152. The summed E-state index contributed by atoms with van der Waals surface area (Å²) in [5.74, 6) is -0.543. The Kier molecular flexibility index (Phi) is 4.20. The highest BCUT2D eigenvalue weighted by molar-refractivity contribution is 9.11. The van der Waals surface area contributed by atoms with E-state index in [1.807, 2.05) is 24.3 Å². The molecule has 1 aliphatic carbocycles. The minimum atomic E-state index is -1.19. The number of ketones is 1. The number of Topliss-reactive ketones (excluding diaryl/α,β-unsaturated/α-hetero) is 1. The Morgan fingerprint density at radius 1 is 1.42 bits per heavy atom. The lowest BCUT2D eigenvalue weighted by Gasteiger charge is -2.34. The van der Waals surface area contributed by atoms with Gasteiger partial charge in [0.05, 0.1) is 7.11 Å². The van der Waals surface area contributed by atoms with E-state index in [-0.39, 0.29) is 5.78 Å². The molecule has 0 amide bonds. The molecule has 2 rings (SSSR count). The number of esters is 1. The summed E-state index contributed by atoms with van der Waals surface area (Å²) < 4.78 is 4.91. The zero-order chi connectivity index (χ0) is 13.9. The zero-order valence-electron chi connectivity index (χ0n) is 10.7. The van der Waals surface area contributed by atoms with Gasteiger partial charge in [-0.05, 0) is 29.0 Å². The van der Waals surface area contributed by atoms with Crippen LogP contribution < -0.4 is 0 Å². The van der Waals surface area contributed by atoms with E-state index < -0.39 is 11.4 Å². The Morgan fingerprint density at radius 2 is 2.16 bits per heavy atom. The second-order valence-corrected chi connectivity index (χ2v) is 5.07. The first kappa shape index (κ1) is 14.0. The van der Waals surface area contributed by atoms with Crippen molar-refractivity contribution in [1.29, 1.82) is 0 Å². The summed E-state index contributed by atoms with van der Waals surface area (Å²) in [5, 5.41) is 0. The summed E-state index contributed by atoms with van der Waals surface area (Å²) in [5.41, 5.74) is 0.646. The third-order valence-electron chi connectivity index (χ3n) is 3.62. The van der Waals surface area contributed by atoms with E-state index in [0.717, 1.165) is 11.1 Å². The first-order valence-corrected chi connectivity index (χ1v) is 7.03. The molecule has 0 N–H and O–H groups in total. The van der Waals surface area contributed by atoms with Gasteiger partial charge < -0.3 is 4.74 Å². The number of hydrogen-bond donors (Lipinski definition) is 0. The fourth-order valence-corrected chi connectivity index (χ4v) is 2.88. The number of methoxy groups -OCH3 is 1. The van der Waals surface area contributed by atoms with Crippen LogP contribution in [-0.2, 0) is 26.2 Å². The number of ether oxygens (including phenoxy) is 1. The molecule has 1 aromatic rings. The van der Waals surface area contributed by atoms with Crippen LogP contribution in [0.15, 0.2) is 35.3 Å². The average Bonchev–Trinajstić information content (AvgIpc) is 2.46. The number of allylic oxidation sites excluding steroid dienone is 1. The van der Waals surface area contributed by atoms with E-state index in [0.29, 0.717) is 19.3 Å². The fraction of sp³-hybridized carbons (Fsp3) is 0.333. The molecule has 19 heavy (non-hydrogen) atoms. The average molecular weight is 323 g/mol. The van der Waals surface area contributed by atoms with Gasteiger partial charge in [0.2, 0.25) is 0 Å².